The van der Waals surface area contributed by atoms with E-state index in [1.807, 2.05) is 0 Å². The van der Waals surface area contributed by atoms with Crippen molar-refractivity contribution in [3.63, 3.8) is 0 Å². The molecule has 0 aliphatic carbocycles. The lowest BCUT2D eigenvalue weighted by atomic mass is 9.99. The molecule has 1 aromatic carbocycles. The molecule has 0 spiro atoms. The molecule has 74 valence electrons. The number of nitrogens with two attached hydrogens (primary N) is 2. The van der Waals surface area contributed by atoms with E-state index in [4.69, 9.17) is 11.5 Å². The van der Waals surface area contributed by atoms with Gasteiger partial charge >= 0.3 is 0 Å². The highest BCUT2D eigenvalue weighted by atomic mass is 16.1. The van der Waals surface area contributed by atoms with Gasteiger partial charge in [0.25, 0.3) is 0 Å². The number of carbonyl (C=O) groups excluding carboxylic acids is 2. The van der Waals surface area contributed by atoms with Gasteiger partial charge in [-0.3, -0.25) is 9.59 Å². The molecule has 4 nitrogen and oxygen atoms in total. The van der Waals surface area contributed by atoms with Crippen molar-refractivity contribution < 1.29 is 9.59 Å². The summed E-state index contributed by atoms with van der Waals surface area (Å²) in [6.07, 6.45) is 0. The molecule has 14 heavy (non-hydrogen) atoms. The molecule has 1 rings (SSSR count). The molecule has 0 unspecified atom stereocenters. The van der Waals surface area contributed by atoms with Crippen molar-refractivity contribution in [1.29, 1.82) is 0 Å². The topological polar surface area (TPSA) is 86.2 Å². The van der Waals surface area contributed by atoms with Gasteiger partial charge in [0, 0.05) is 11.1 Å². The SMILES string of the molecule is Cc1cc(C)c(C(N)=O)cc1C(N)=O. The number of aryl methyl sites for hydroxylation is 2. The molecule has 0 saturated carbocycles. The van der Waals surface area contributed by atoms with Crippen LogP contribution in [0.3, 0.4) is 0 Å². The molecule has 2 amide bonds. The van der Waals surface area contributed by atoms with Crippen molar-refractivity contribution in [2.75, 3.05) is 0 Å². The van der Waals surface area contributed by atoms with Crippen LogP contribution < -0.4 is 11.5 Å². The van der Waals surface area contributed by atoms with E-state index in [1.165, 1.54) is 6.07 Å². The molecule has 4 heteroatoms. The Hall–Kier alpha value is -1.84. The summed E-state index contributed by atoms with van der Waals surface area (Å²) >= 11 is 0. The number of rotatable bonds is 2. The van der Waals surface area contributed by atoms with Crippen LogP contribution >= 0.6 is 0 Å². The summed E-state index contributed by atoms with van der Waals surface area (Å²) in [6, 6.07) is 3.16. The van der Waals surface area contributed by atoms with Crippen molar-refractivity contribution in [3.8, 4) is 0 Å². The maximum Gasteiger partial charge on any atom is 0.248 e. The van der Waals surface area contributed by atoms with Crippen molar-refractivity contribution in [2.45, 2.75) is 13.8 Å². The van der Waals surface area contributed by atoms with Crippen LogP contribution in [0.5, 0.6) is 0 Å². The maximum atomic E-state index is 11.0. The molecule has 0 aliphatic rings. The van der Waals surface area contributed by atoms with Crippen LogP contribution in [0.1, 0.15) is 31.8 Å². The lowest BCUT2D eigenvalue weighted by molar-refractivity contribution is 0.0998. The maximum absolute atomic E-state index is 11.0. The predicted octanol–water partition coefficient (Wildman–Crippen LogP) is 0.501. The van der Waals surface area contributed by atoms with E-state index in [-0.39, 0.29) is 0 Å². The molecule has 0 aromatic heterocycles. The Morgan fingerprint density at radius 3 is 1.57 bits per heavy atom. The number of hydrogen-bond acceptors (Lipinski definition) is 2. The molecule has 0 atom stereocenters. The van der Waals surface area contributed by atoms with Crippen LogP contribution in [-0.2, 0) is 0 Å². The number of primary amides is 2. The second-order valence-electron chi connectivity index (χ2n) is 3.21. The van der Waals surface area contributed by atoms with Gasteiger partial charge in [-0.05, 0) is 31.0 Å². The third-order valence-corrected chi connectivity index (χ3v) is 2.10. The van der Waals surface area contributed by atoms with Crippen molar-refractivity contribution in [3.05, 3.63) is 34.4 Å². The zero-order chi connectivity index (χ0) is 10.9. The minimum absolute atomic E-state index is 0.337. The van der Waals surface area contributed by atoms with Crippen LogP contribution in [0, 0.1) is 13.8 Å². The standard InChI is InChI=1S/C10H12N2O2/c1-5-3-6(2)8(10(12)14)4-7(5)9(11)13/h3-4H,1-2H3,(H2,11,13)(H2,12,14). The summed E-state index contributed by atoms with van der Waals surface area (Å²) in [6.45, 7) is 3.52. The molecule has 0 bridgehead atoms. The average molecular weight is 192 g/mol. The first-order valence-electron chi connectivity index (χ1n) is 4.14. The number of amides is 2. The van der Waals surface area contributed by atoms with E-state index in [2.05, 4.69) is 0 Å². The van der Waals surface area contributed by atoms with Gasteiger partial charge in [-0.15, -0.1) is 0 Å². The summed E-state index contributed by atoms with van der Waals surface area (Å²) < 4.78 is 0. The Kier molecular flexibility index (Phi) is 2.56. The second-order valence-corrected chi connectivity index (χ2v) is 3.21. The van der Waals surface area contributed by atoms with E-state index in [1.54, 1.807) is 19.9 Å². The van der Waals surface area contributed by atoms with E-state index < -0.39 is 11.8 Å². The van der Waals surface area contributed by atoms with Gasteiger partial charge in [-0.1, -0.05) is 6.07 Å². The van der Waals surface area contributed by atoms with Gasteiger partial charge < -0.3 is 11.5 Å². The fourth-order valence-corrected chi connectivity index (χ4v) is 1.38. The Balaban J connectivity index is 3.42. The van der Waals surface area contributed by atoms with Gasteiger partial charge in [-0.25, -0.2) is 0 Å². The molecule has 0 saturated heterocycles. The zero-order valence-electron chi connectivity index (χ0n) is 8.13. The van der Waals surface area contributed by atoms with Crippen LogP contribution in [0.25, 0.3) is 0 Å². The molecular formula is C10H12N2O2. The fourth-order valence-electron chi connectivity index (χ4n) is 1.38. The van der Waals surface area contributed by atoms with Gasteiger partial charge in [0.1, 0.15) is 0 Å². The van der Waals surface area contributed by atoms with Crippen molar-refractivity contribution in [2.24, 2.45) is 11.5 Å². The molecule has 0 heterocycles. The lowest BCUT2D eigenvalue weighted by Crippen LogP contribution is -2.17. The molecule has 1 aromatic rings. The number of carbonyl (C=O) groups is 2. The normalized spacial score (nSPS) is 9.86. The van der Waals surface area contributed by atoms with Gasteiger partial charge in [0.15, 0.2) is 0 Å². The molecule has 4 N–H and O–H groups in total. The molecule has 0 fully saturated rings. The average Bonchev–Trinajstić information content (AvgIpc) is 2.02. The number of benzene rings is 1. The number of hydrogen-bond donors (Lipinski definition) is 2. The van der Waals surface area contributed by atoms with Crippen LogP contribution in [0.4, 0.5) is 0 Å². The Morgan fingerprint density at radius 1 is 0.929 bits per heavy atom. The minimum atomic E-state index is -0.551. The first-order chi connectivity index (χ1) is 6.43. The highest BCUT2D eigenvalue weighted by Crippen LogP contribution is 2.15. The summed E-state index contributed by atoms with van der Waals surface area (Å²) in [4.78, 5) is 22.0. The summed E-state index contributed by atoms with van der Waals surface area (Å²) in [7, 11) is 0. The van der Waals surface area contributed by atoms with E-state index >= 15 is 0 Å². The van der Waals surface area contributed by atoms with E-state index in [0.717, 1.165) is 11.1 Å². The van der Waals surface area contributed by atoms with Gasteiger partial charge in [0.05, 0.1) is 0 Å². The van der Waals surface area contributed by atoms with Crippen molar-refractivity contribution in [1.82, 2.24) is 0 Å². The fraction of sp³-hybridized carbons (Fsp3) is 0.200. The summed E-state index contributed by atoms with van der Waals surface area (Å²) in [5.41, 5.74) is 12.5. The predicted molar refractivity (Wildman–Crippen MR) is 53.0 cm³/mol. The van der Waals surface area contributed by atoms with Gasteiger partial charge in [0.2, 0.25) is 11.8 Å². The largest absolute Gasteiger partial charge is 0.366 e. The molecular weight excluding hydrogens is 180 g/mol. The Labute approximate surface area is 81.9 Å². The van der Waals surface area contributed by atoms with Crippen LogP contribution in [0.2, 0.25) is 0 Å². The smallest absolute Gasteiger partial charge is 0.248 e. The minimum Gasteiger partial charge on any atom is -0.366 e. The van der Waals surface area contributed by atoms with Crippen molar-refractivity contribution >= 4 is 11.8 Å². The van der Waals surface area contributed by atoms with Crippen LogP contribution in [-0.4, -0.2) is 11.8 Å². The highest BCUT2D eigenvalue weighted by Gasteiger charge is 2.11. The Morgan fingerprint density at radius 2 is 1.29 bits per heavy atom. The van der Waals surface area contributed by atoms with Crippen LogP contribution in [0.15, 0.2) is 12.1 Å². The van der Waals surface area contributed by atoms with Gasteiger partial charge in [-0.2, -0.15) is 0 Å². The zero-order valence-corrected chi connectivity index (χ0v) is 8.13. The molecule has 0 radical (unpaired) electrons. The Bertz CT molecular complexity index is 376. The first kappa shape index (κ1) is 10.2. The molecule has 0 aliphatic heterocycles. The highest BCUT2D eigenvalue weighted by molar-refractivity contribution is 6.00. The van der Waals surface area contributed by atoms with E-state index in [9.17, 15) is 9.59 Å². The monoisotopic (exact) mass is 192 g/mol. The lowest BCUT2D eigenvalue weighted by Gasteiger charge is -2.07. The third kappa shape index (κ3) is 1.74. The second kappa shape index (κ2) is 3.49. The summed E-state index contributed by atoms with van der Waals surface area (Å²) in [5, 5.41) is 0. The quantitative estimate of drug-likeness (QED) is 0.714. The summed E-state index contributed by atoms with van der Waals surface area (Å²) in [5.74, 6) is -1.10. The van der Waals surface area contributed by atoms with E-state index in [0.29, 0.717) is 11.1 Å². The third-order valence-electron chi connectivity index (χ3n) is 2.10. The first-order valence-corrected chi connectivity index (χ1v) is 4.14.